The summed E-state index contributed by atoms with van der Waals surface area (Å²) in [5.74, 6) is -1.50. The largest absolute Gasteiger partial charge is 0.423 e. The number of hydrogen-bond acceptors (Lipinski definition) is 9. The summed E-state index contributed by atoms with van der Waals surface area (Å²) in [6.45, 7) is 5.06. The number of carbonyl (C=O) groups excluding carboxylic acids is 4. The number of benzene rings is 2. The lowest BCUT2D eigenvalue weighted by molar-refractivity contribution is -0.134. The van der Waals surface area contributed by atoms with E-state index in [1.54, 1.807) is 36.4 Å². The first kappa shape index (κ1) is 26.1. The minimum Gasteiger partial charge on any atom is -0.423 e. The Balaban J connectivity index is 1.81. The van der Waals surface area contributed by atoms with E-state index in [4.69, 9.17) is 23.9 Å². The van der Waals surface area contributed by atoms with Gasteiger partial charge in [0, 0.05) is 51.9 Å². The zero-order chi connectivity index (χ0) is 26.2. The maximum absolute atomic E-state index is 11.5. The van der Waals surface area contributed by atoms with Crippen LogP contribution in [-0.4, -0.2) is 28.9 Å². The molecule has 1 aromatic heterocycles. The molecule has 2 aromatic carbocycles. The van der Waals surface area contributed by atoms with Gasteiger partial charge in [-0.1, -0.05) is 18.2 Å². The molecule has 0 N–H and O–H groups in total. The van der Waals surface area contributed by atoms with Crippen molar-refractivity contribution in [2.45, 2.75) is 40.5 Å². The Kier molecular flexibility index (Phi) is 8.51. The van der Waals surface area contributed by atoms with Crippen LogP contribution in [0.25, 0.3) is 0 Å². The van der Waals surface area contributed by atoms with Crippen molar-refractivity contribution in [3.8, 4) is 23.0 Å². The second kappa shape index (κ2) is 11.7. The molecule has 0 saturated heterocycles. The topological polar surface area (TPSA) is 118 Å². The standard InChI is InChI=1S/C27H25NO8/c1-16(29)33-24-10-8-20(14-26(24)35-18(3)31)12-22-6-5-7-23(28-22)13-21-9-11-25(34-17(2)30)27(15-21)36-19(4)32/h5-11,14-15H,12-13H2,1-4H3. The lowest BCUT2D eigenvalue weighted by Crippen LogP contribution is -2.08. The zero-order valence-electron chi connectivity index (χ0n) is 20.3. The lowest BCUT2D eigenvalue weighted by atomic mass is 10.1. The highest BCUT2D eigenvalue weighted by atomic mass is 16.6. The van der Waals surface area contributed by atoms with Gasteiger partial charge in [-0.05, 0) is 47.5 Å². The number of esters is 4. The van der Waals surface area contributed by atoms with E-state index in [0.29, 0.717) is 12.8 Å². The van der Waals surface area contributed by atoms with E-state index in [1.807, 2.05) is 18.2 Å². The van der Waals surface area contributed by atoms with Gasteiger partial charge in [0.15, 0.2) is 23.0 Å². The summed E-state index contributed by atoms with van der Waals surface area (Å²) in [4.78, 5) is 50.3. The van der Waals surface area contributed by atoms with Gasteiger partial charge in [-0.2, -0.15) is 0 Å². The second-order valence-corrected chi connectivity index (χ2v) is 7.91. The minimum absolute atomic E-state index is 0.150. The number of carbonyl (C=O) groups is 4. The molecule has 0 bridgehead atoms. The Morgan fingerprint density at radius 3 is 1.28 bits per heavy atom. The number of aromatic nitrogens is 1. The third kappa shape index (κ3) is 7.76. The van der Waals surface area contributed by atoms with Gasteiger partial charge in [-0.15, -0.1) is 0 Å². The third-order valence-electron chi connectivity index (χ3n) is 4.67. The first-order valence-electron chi connectivity index (χ1n) is 11.0. The second-order valence-electron chi connectivity index (χ2n) is 7.91. The Morgan fingerprint density at radius 1 is 0.556 bits per heavy atom. The van der Waals surface area contributed by atoms with Gasteiger partial charge in [0.1, 0.15) is 0 Å². The highest BCUT2D eigenvalue weighted by Crippen LogP contribution is 2.31. The molecule has 3 aromatic rings. The SMILES string of the molecule is CC(=O)Oc1ccc(Cc2cccc(Cc3ccc(OC(C)=O)c(OC(C)=O)c3)n2)cc1OC(C)=O. The van der Waals surface area contributed by atoms with Crippen molar-refractivity contribution < 1.29 is 38.1 Å². The molecule has 9 heteroatoms. The Labute approximate surface area is 208 Å². The minimum atomic E-state index is -0.534. The predicted molar refractivity (Wildman–Crippen MR) is 128 cm³/mol. The number of hydrogen-bond donors (Lipinski definition) is 0. The number of ether oxygens (including phenoxy) is 4. The maximum Gasteiger partial charge on any atom is 0.308 e. The molecule has 0 amide bonds. The monoisotopic (exact) mass is 491 g/mol. The number of pyridine rings is 1. The molecule has 0 fully saturated rings. The number of nitrogens with zero attached hydrogens (tertiary/aromatic N) is 1. The Bertz CT molecular complexity index is 1220. The Hall–Kier alpha value is -4.53. The van der Waals surface area contributed by atoms with E-state index in [9.17, 15) is 19.2 Å². The van der Waals surface area contributed by atoms with E-state index >= 15 is 0 Å². The molecule has 0 atom stereocenters. The molecule has 0 aliphatic carbocycles. The number of rotatable bonds is 8. The van der Waals surface area contributed by atoms with Crippen molar-refractivity contribution in [3.63, 3.8) is 0 Å². The first-order chi connectivity index (χ1) is 17.1. The van der Waals surface area contributed by atoms with Gasteiger partial charge >= 0.3 is 23.9 Å². The summed E-state index contributed by atoms with van der Waals surface area (Å²) in [6.07, 6.45) is 0.874. The molecule has 1 heterocycles. The average molecular weight is 491 g/mol. The van der Waals surface area contributed by atoms with Crippen molar-refractivity contribution in [1.29, 1.82) is 0 Å². The molecule has 0 saturated carbocycles. The van der Waals surface area contributed by atoms with Crippen molar-refractivity contribution in [3.05, 3.63) is 77.1 Å². The fourth-order valence-corrected chi connectivity index (χ4v) is 3.42. The summed E-state index contributed by atoms with van der Waals surface area (Å²) >= 11 is 0. The fraction of sp³-hybridized carbons (Fsp3) is 0.222. The average Bonchev–Trinajstić information content (AvgIpc) is 2.76. The zero-order valence-corrected chi connectivity index (χ0v) is 20.3. The van der Waals surface area contributed by atoms with E-state index in [-0.39, 0.29) is 23.0 Å². The van der Waals surface area contributed by atoms with E-state index in [1.165, 1.54) is 27.7 Å². The predicted octanol–water partition coefficient (Wildman–Crippen LogP) is 3.96. The van der Waals surface area contributed by atoms with E-state index in [2.05, 4.69) is 0 Å². The van der Waals surface area contributed by atoms with Gasteiger partial charge in [0.25, 0.3) is 0 Å². The van der Waals surface area contributed by atoms with Crippen LogP contribution in [0.5, 0.6) is 23.0 Å². The molecule has 0 unspecified atom stereocenters. The Morgan fingerprint density at radius 2 is 0.917 bits per heavy atom. The van der Waals surface area contributed by atoms with Gasteiger partial charge in [-0.25, -0.2) is 0 Å². The highest BCUT2D eigenvalue weighted by Gasteiger charge is 2.14. The van der Waals surface area contributed by atoms with Crippen LogP contribution in [0, 0.1) is 0 Å². The molecule has 36 heavy (non-hydrogen) atoms. The smallest absolute Gasteiger partial charge is 0.308 e. The van der Waals surface area contributed by atoms with Gasteiger partial charge < -0.3 is 18.9 Å². The molecule has 0 aliphatic heterocycles. The van der Waals surface area contributed by atoms with Crippen molar-refractivity contribution in [1.82, 2.24) is 4.98 Å². The van der Waals surface area contributed by atoms with Crippen molar-refractivity contribution in [2.24, 2.45) is 0 Å². The van der Waals surface area contributed by atoms with Crippen molar-refractivity contribution >= 4 is 23.9 Å². The molecule has 3 rings (SSSR count). The van der Waals surface area contributed by atoms with Crippen LogP contribution in [0.3, 0.4) is 0 Å². The normalized spacial score (nSPS) is 10.3. The third-order valence-corrected chi connectivity index (χ3v) is 4.67. The van der Waals surface area contributed by atoms with Crippen LogP contribution in [0.4, 0.5) is 0 Å². The molecular formula is C27H25NO8. The fourth-order valence-electron chi connectivity index (χ4n) is 3.42. The molecule has 9 nitrogen and oxygen atoms in total. The molecule has 0 spiro atoms. The van der Waals surface area contributed by atoms with Crippen LogP contribution >= 0.6 is 0 Å². The highest BCUT2D eigenvalue weighted by molar-refractivity contribution is 5.74. The van der Waals surface area contributed by atoms with E-state index in [0.717, 1.165) is 22.5 Å². The van der Waals surface area contributed by atoms with Crippen LogP contribution in [-0.2, 0) is 32.0 Å². The molecule has 0 radical (unpaired) electrons. The quantitative estimate of drug-likeness (QED) is 0.341. The molecular weight excluding hydrogens is 466 g/mol. The molecule has 186 valence electrons. The van der Waals surface area contributed by atoms with Crippen LogP contribution in [0.2, 0.25) is 0 Å². The van der Waals surface area contributed by atoms with Gasteiger partial charge in [-0.3, -0.25) is 24.2 Å². The lowest BCUT2D eigenvalue weighted by Gasteiger charge is -2.12. The van der Waals surface area contributed by atoms with Crippen LogP contribution in [0.15, 0.2) is 54.6 Å². The van der Waals surface area contributed by atoms with Crippen LogP contribution < -0.4 is 18.9 Å². The molecule has 0 aliphatic rings. The summed E-state index contributed by atoms with van der Waals surface area (Å²) in [6, 6.07) is 15.5. The maximum atomic E-state index is 11.5. The van der Waals surface area contributed by atoms with Crippen molar-refractivity contribution in [2.75, 3.05) is 0 Å². The summed E-state index contributed by atoms with van der Waals surface area (Å²) in [7, 11) is 0. The first-order valence-corrected chi connectivity index (χ1v) is 11.0. The summed E-state index contributed by atoms with van der Waals surface area (Å²) < 4.78 is 20.6. The van der Waals surface area contributed by atoms with Gasteiger partial charge in [0.05, 0.1) is 0 Å². The van der Waals surface area contributed by atoms with E-state index < -0.39 is 23.9 Å². The summed E-state index contributed by atoms with van der Waals surface area (Å²) in [5, 5.41) is 0. The summed E-state index contributed by atoms with van der Waals surface area (Å²) in [5.41, 5.74) is 3.13. The van der Waals surface area contributed by atoms with Gasteiger partial charge in [0.2, 0.25) is 0 Å². The van der Waals surface area contributed by atoms with Crippen LogP contribution in [0.1, 0.15) is 50.2 Å².